The van der Waals surface area contributed by atoms with Crippen LogP contribution < -0.4 is 5.32 Å². The van der Waals surface area contributed by atoms with Gasteiger partial charge in [0, 0.05) is 6.54 Å². The van der Waals surface area contributed by atoms with E-state index < -0.39 is 0 Å². The van der Waals surface area contributed by atoms with Crippen molar-refractivity contribution in [3.05, 3.63) is 5.82 Å². The highest BCUT2D eigenvalue weighted by molar-refractivity contribution is 4.89. The second kappa shape index (κ2) is 9.87. The predicted octanol–water partition coefficient (Wildman–Crippen LogP) is 3.59. The molecule has 1 rings (SSSR count). The Kier molecular flexibility index (Phi) is 8.50. The Bertz CT molecular complexity index is 372. The molecule has 5 nitrogen and oxygen atoms in total. The Morgan fingerprint density at radius 1 is 0.952 bits per heavy atom. The number of hydrogen-bond acceptors (Lipinski definition) is 4. The summed E-state index contributed by atoms with van der Waals surface area (Å²) in [7, 11) is 0. The first-order valence-electron chi connectivity index (χ1n) is 8.50. The van der Waals surface area contributed by atoms with Crippen LogP contribution in [0.5, 0.6) is 0 Å². The average molecular weight is 295 g/mol. The smallest absolute Gasteiger partial charge is 0.167 e. The fourth-order valence-corrected chi connectivity index (χ4v) is 2.35. The Hall–Kier alpha value is -0.970. The van der Waals surface area contributed by atoms with Gasteiger partial charge in [0.25, 0.3) is 0 Å². The van der Waals surface area contributed by atoms with E-state index in [9.17, 15) is 0 Å². The third-order valence-electron chi connectivity index (χ3n) is 3.68. The molecule has 1 aromatic heterocycles. The summed E-state index contributed by atoms with van der Waals surface area (Å²) in [6, 6.07) is 0.211. The third kappa shape index (κ3) is 7.55. The van der Waals surface area contributed by atoms with Crippen molar-refractivity contribution in [1.82, 2.24) is 25.5 Å². The minimum atomic E-state index is 0.211. The highest BCUT2D eigenvalue weighted by Crippen LogP contribution is 2.12. The largest absolute Gasteiger partial charge is 0.307 e. The number of aryl methyl sites for hydroxylation is 1. The lowest BCUT2D eigenvalue weighted by Gasteiger charge is -2.15. The van der Waals surface area contributed by atoms with Gasteiger partial charge in [-0.25, -0.2) is 4.68 Å². The molecule has 1 unspecified atom stereocenters. The van der Waals surface area contributed by atoms with E-state index in [-0.39, 0.29) is 6.04 Å². The van der Waals surface area contributed by atoms with Crippen LogP contribution >= 0.6 is 0 Å². The van der Waals surface area contributed by atoms with Gasteiger partial charge < -0.3 is 5.32 Å². The summed E-state index contributed by atoms with van der Waals surface area (Å²) >= 11 is 0. The van der Waals surface area contributed by atoms with E-state index in [1.165, 1.54) is 25.7 Å². The van der Waals surface area contributed by atoms with E-state index >= 15 is 0 Å². The van der Waals surface area contributed by atoms with Gasteiger partial charge in [-0.2, -0.15) is 0 Å². The van der Waals surface area contributed by atoms with E-state index in [0.717, 1.165) is 31.3 Å². The van der Waals surface area contributed by atoms with Crippen molar-refractivity contribution in [1.29, 1.82) is 0 Å². The van der Waals surface area contributed by atoms with Crippen LogP contribution in [0.2, 0.25) is 0 Å². The molecule has 1 aromatic rings. The quantitative estimate of drug-likeness (QED) is 0.634. The molecule has 21 heavy (non-hydrogen) atoms. The zero-order valence-corrected chi connectivity index (χ0v) is 14.5. The summed E-state index contributed by atoms with van der Waals surface area (Å²) in [5, 5.41) is 15.6. The highest BCUT2D eigenvalue weighted by Gasteiger charge is 2.13. The van der Waals surface area contributed by atoms with Crippen LogP contribution in [0.3, 0.4) is 0 Å². The molecule has 1 N–H and O–H groups in total. The Labute approximate surface area is 129 Å². The lowest BCUT2D eigenvalue weighted by atomic mass is 10.0. The van der Waals surface area contributed by atoms with Crippen LogP contribution in [-0.2, 0) is 6.54 Å². The summed E-state index contributed by atoms with van der Waals surface area (Å²) in [6.45, 7) is 13.0. The molecule has 1 heterocycles. The lowest BCUT2D eigenvalue weighted by molar-refractivity contribution is 0.438. The molecule has 0 amide bonds. The summed E-state index contributed by atoms with van der Waals surface area (Å²) in [5.41, 5.74) is 0. The van der Waals surface area contributed by atoms with Crippen molar-refractivity contribution in [2.75, 3.05) is 6.54 Å². The number of aromatic nitrogens is 4. The van der Waals surface area contributed by atoms with Gasteiger partial charge in [0.2, 0.25) is 0 Å². The van der Waals surface area contributed by atoms with E-state index in [1.807, 2.05) is 4.68 Å². The zero-order chi connectivity index (χ0) is 15.7. The zero-order valence-electron chi connectivity index (χ0n) is 14.5. The topological polar surface area (TPSA) is 55.6 Å². The van der Waals surface area contributed by atoms with Crippen molar-refractivity contribution in [3.63, 3.8) is 0 Å². The van der Waals surface area contributed by atoms with Crippen LogP contribution in [-0.4, -0.2) is 26.8 Å². The maximum Gasteiger partial charge on any atom is 0.167 e. The van der Waals surface area contributed by atoms with E-state index in [1.54, 1.807) is 0 Å². The molecule has 0 saturated heterocycles. The van der Waals surface area contributed by atoms with Crippen LogP contribution in [0.4, 0.5) is 0 Å². The third-order valence-corrected chi connectivity index (χ3v) is 3.68. The number of nitrogens with zero attached hydrogens (tertiary/aromatic N) is 4. The summed E-state index contributed by atoms with van der Waals surface area (Å²) in [6.07, 6.45) is 6.42. The molecule has 0 fully saturated rings. The van der Waals surface area contributed by atoms with Gasteiger partial charge in [-0.3, -0.25) is 0 Å². The second-order valence-corrected chi connectivity index (χ2v) is 6.88. The van der Waals surface area contributed by atoms with E-state index in [2.05, 4.69) is 55.5 Å². The van der Waals surface area contributed by atoms with Crippen molar-refractivity contribution < 1.29 is 0 Å². The fourth-order valence-electron chi connectivity index (χ4n) is 2.35. The molecule has 0 bridgehead atoms. The fraction of sp³-hybridized carbons (Fsp3) is 0.938. The van der Waals surface area contributed by atoms with Gasteiger partial charge in [-0.05, 0) is 42.2 Å². The Morgan fingerprint density at radius 3 is 2.33 bits per heavy atom. The predicted molar refractivity (Wildman–Crippen MR) is 87.0 cm³/mol. The standard InChI is InChI=1S/C16H33N5/c1-13(2)10-8-6-7-9-11-21-16(18-19-20-21)15(5)17-12-14(3)4/h13-15,17H,6-12H2,1-5H3. The first kappa shape index (κ1) is 18.1. The average Bonchev–Trinajstić information content (AvgIpc) is 2.88. The molecule has 1 atom stereocenters. The van der Waals surface area contributed by atoms with Gasteiger partial charge >= 0.3 is 0 Å². The molecule has 0 aliphatic rings. The van der Waals surface area contributed by atoms with Crippen LogP contribution in [0.25, 0.3) is 0 Å². The van der Waals surface area contributed by atoms with E-state index in [0.29, 0.717) is 5.92 Å². The Balaban J connectivity index is 2.28. The van der Waals surface area contributed by atoms with Crippen molar-refractivity contribution >= 4 is 0 Å². The minimum absolute atomic E-state index is 0.211. The van der Waals surface area contributed by atoms with Crippen LogP contribution in [0, 0.1) is 11.8 Å². The van der Waals surface area contributed by atoms with Gasteiger partial charge in [0.15, 0.2) is 5.82 Å². The van der Waals surface area contributed by atoms with Crippen LogP contribution in [0.15, 0.2) is 0 Å². The van der Waals surface area contributed by atoms with Crippen molar-refractivity contribution in [2.45, 2.75) is 79.3 Å². The van der Waals surface area contributed by atoms with Gasteiger partial charge in [-0.1, -0.05) is 53.4 Å². The lowest BCUT2D eigenvalue weighted by Crippen LogP contribution is -2.26. The van der Waals surface area contributed by atoms with E-state index in [4.69, 9.17) is 0 Å². The Morgan fingerprint density at radius 2 is 1.67 bits per heavy atom. The maximum atomic E-state index is 4.17. The maximum absolute atomic E-state index is 4.17. The first-order valence-corrected chi connectivity index (χ1v) is 8.50. The summed E-state index contributed by atoms with van der Waals surface area (Å²) < 4.78 is 1.96. The molecule has 0 aliphatic heterocycles. The molecule has 0 aliphatic carbocycles. The van der Waals surface area contributed by atoms with Gasteiger partial charge in [0.05, 0.1) is 6.04 Å². The van der Waals surface area contributed by atoms with Crippen LogP contribution in [0.1, 0.15) is 78.6 Å². The normalized spacial score (nSPS) is 13.3. The molecule has 0 radical (unpaired) electrons. The molecule has 0 spiro atoms. The SMILES string of the molecule is CC(C)CCCCCCn1nnnc1C(C)NCC(C)C. The number of hydrogen-bond donors (Lipinski definition) is 1. The minimum Gasteiger partial charge on any atom is -0.307 e. The number of rotatable bonds is 11. The molecule has 0 aromatic carbocycles. The second-order valence-electron chi connectivity index (χ2n) is 6.88. The van der Waals surface area contributed by atoms with Crippen molar-refractivity contribution in [3.8, 4) is 0 Å². The van der Waals surface area contributed by atoms with Gasteiger partial charge in [-0.15, -0.1) is 5.10 Å². The molecule has 0 saturated carbocycles. The monoisotopic (exact) mass is 295 g/mol. The molecular weight excluding hydrogens is 262 g/mol. The number of tetrazole rings is 1. The van der Waals surface area contributed by atoms with Gasteiger partial charge in [0.1, 0.15) is 0 Å². The number of unbranched alkanes of at least 4 members (excludes halogenated alkanes) is 3. The number of nitrogens with one attached hydrogen (secondary N) is 1. The molecular formula is C16H33N5. The highest BCUT2D eigenvalue weighted by atomic mass is 15.5. The molecule has 122 valence electrons. The summed E-state index contributed by atoms with van der Waals surface area (Å²) in [5.74, 6) is 2.42. The molecule has 5 heteroatoms. The van der Waals surface area contributed by atoms with Crippen molar-refractivity contribution in [2.24, 2.45) is 11.8 Å². The summed E-state index contributed by atoms with van der Waals surface area (Å²) in [4.78, 5) is 0. The first-order chi connectivity index (χ1) is 10.0.